The van der Waals surface area contributed by atoms with Gasteiger partial charge in [0.2, 0.25) is 5.95 Å². The number of rotatable bonds is 7. The second-order valence-electron chi connectivity index (χ2n) is 8.40. The first-order chi connectivity index (χ1) is 15.8. The third-order valence-corrected chi connectivity index (χ3v) is 5.82. The van der Waals surface area contributed by atoms with Crippen LogP contribution in [0.2, 0.25) is 0 Å². The molecule has 7 nitrogen and oxygen atoms in total. The predicted octanol–water partition coefficient (Wildman–Crippen LogP) is 4.30. The maximum Gasteiger partial charge on any atom is 0.416 e. The Hall–Kier alpha value is -3.40. The van der Waals surface area contributed by atoms with E-state index in [2.05, 4.69) is 15.0 Å². The average molecular weight is 456 g/mol. The van der Waals surface area contributed by atoms with E-state index in [1.165, 1.54) is 16.6 Å². The number of para-hydroxylation sites is 1. The van der Waals surface area contributed by atoms with Gasteiger partial charge in [-0.25, -0.2) is 9.97 Å². The molecule has 0 unspecified atom stereocenters. The van der Waals surface area contributed by atoms with Crippen LogP contribution in [0.3, 0.4) is 0 Å². The summed E-state index contributed by atoms with van der Waals surface area (Å²) in [5.41, 5.74) is 7.51. The highest BCUT2D eigenvalue weighted by Crippen LogP contribution is 2.32. The van der Waals surface area contributed by atoms with Gasteiger partial charge in [-0.05, 0) is 48.6 Å². The zero-order valence-electron chi connectivity index (χ0n) is 18.0. The Kier molecular flexibility index (Phi) is 5.32. The number of nitrogen functional groups attached to an aromatic ring is 1. The Morgan fingerprint density at radius 2 is 1.85 bits per heavy atom. The number of methoxy groups -OCH3 is 1. The molecule has 2 N–H and O–H groups in total. The topological polar surface area (TPSA) is 81.6 Å². The molecule has 33 heavy (non-hydrogen) atoms. The normalized spacial score (nSPS) is 14.5. The van der Waals surface area contributed by atoms with E-state index < -0.39 is 11.7 Å². The van der Waals surface area contributed by atoms with Crippen LogP contribution in [0.4, 0.5) is 19.1 Å². The lowest BCUT2D eigenvalue weighted by Gasteiger charge is -2.21. The summed E-state index contributed by atoms with van der Waals surface area (Å²) in [5, 5.41) is 5.34. The molecule has 1 aliphatic carbocycles. The minimum atomic E-state index is -4.34. The van der Waals surface area contributed by atoms with Crippen LogP contribution in [-0.2, 0) is 19.3 Å². The first-order valence-electron chi connectivity index (χ1n) is 10.7. The van der Waals surface area contributed by atoms with Gasteiger partial charge in [0.1, 0.15) is 11.3 Å². The minimum absolute atomic E-state index is 0.206. The van der Waals surface area contributed by atoms with Crippen molar-refractivity contribution in [3.05, 3.63) is 59.4 Å². The molecule has 5 rings (SSSR count). The first-order valence-corrected chi connectivity index (χ1v) is 10.7. The van der Waals surface area contributed by atoms with Crippen molar-refractivity contribution in [2.75, 3.05) is 19.4 Å². The van der Waals surface area contributed by atoms with Crippen molar-refractivity contribution in [3.63, 3.8) is 0 Å². The molecular weight excluding hydrogens is 433 g/mol. The number of nitrogens with two attached hydrogens (primary N) is 1. The summed E-state index contributed by atoms with van der Waals surface area (Å²) in [4.78, 5) is 11.3. The molecule has 2 heterocycles. The third kappa shape index (κ3) is 4.43. The number of fused-ring (bicyclic) bond motifs is 3. The van der Waals surface area contributed by atoms with E-state index in [0.29, 0.717) is 41.7 Å². The molecule has 1 fully saturated rings. The number of aromatic nitrogens is 4. The Morgan fingerprint density at radius 1 is 1.09 bits per heavy atom. The lowest BCUT2D eigenvalue weighted by atomic mass is 10.1. The fourth-order valence-electron chi connectivity index (χ4n) is 4.01. The highest BCUT2D eigenvalue weighted by atomic mass is 19.4. The molecular formula is C23H23F3N6O. The Labute approximate surface area is 188 Å². The lowest BCUT2D eigenvalue weighted by molar-refractivity contribution is -0.137. The monoisotopic (exact) mass is 456 g/mol. The molecule has 0 saturated heterocycles. The van der Waals surface area contributed by atoms with Crippen LogP contribution >= 0.6 is 0 Å². The number of halogens is 3. The fourth-order valence-corrected chi connectivity index (χ4v) is 4.01. The predicted molar refractivity (Wildman–Crippen MR) is 118 cm³/mol. The van der Waals surface area contributed by atoms with Gasteiger partial charge in [-0.15, -0.1) is 5.10 Å². The van der Waals surface area contributed by atoms with Crippen molar-refractivity contribution in [2.24, 2.45) is 5.92 Å². The van der Waals surface area contributed by atoms with Gasteiger partial charge in [-0.2, -0.15) is 17.7 Å². The molecule has 1 saturated carbocycles. The minimum Gasteiger partial charge on any atom is -0.494 e. The summed E-state index contributed by atoms with van der Waals surface area (Å²) >= 11 is 0. The van der Waals surface area contributed by atoms with Gasteiger partial charge in [0.15, 0.2) is 11.5 Å². The van der Waals surface area contributed by atoms with Crippen LogP contribution in [0.25, 0.3) is 16.6 Å². The highest BCUT2D eigenvalue weighted by molar-refractivity contribution is 5.95. The molecule has 0 spiro atoms. The molecule has 0 amide bonds. The van der Waals surface area contributed by atoms with E-state index in [0.717, 1.165) is 42.5 Å². The van der Waals surface area contributed by atoms with Crippen LogP contribution in [0.5, 0.6) is 5.75 Å². The zero-order valence-corrected chi connectivity index (χ0v) is 18.0. The number of anilines is 1. The van der Waals surface area contributed by atoms with Crippen molar-refractivity contribution in [1.82, 2.24) is 24.5 Å². The molecule has 172 valence electrons. The standard InChI is InChI=1S/C23H23F3N6O/c1-33-18-4-2-3-17-20(18)29-22(27)32-21(17)28-19(30-32)13-31(11-14-5-6-14)12-15-7-9-16(10-8-15)23(24,25)26/h2-4,7-10,14H,5-6,11-13H2,1H3,(H2,27,29). The summed E-state index contributed by atoms with van der Waals surface area (Å²) in [6, 6.07) is 10.9. The van der Waals surface area contributed by atoms with E-state index in [-0.39, 0.29) is 5.95 Å². The van der Waals surface area contributed by atoms with Gasteiger partial charge in [-0.3, -0.25) is 4.90 Å². The van der Waals surface area contributed by atoms with Crippen molar-refractivity contribution >= 4 is 22.5 Å². The largest absolute Gasteiger partial charge is 0.494 e. The van der Waals surface area contributed by atoms with Crippen LogP contribution in [0.1, 0.15) is 29.8 Å². The number of alkyl halides is 3. The summed E-state index contributed by atoms with van der Waals surface area (Å²) in [6.07, 6.45) is -2.03. The summed E-state index contributed by atoms with van der Waals surface area (Å²) < 4.78 is 45.6. The molecule has 0 atom stereocenters. The SMILES string of the molecule is COc1cccc2c1nc(N)n1nc(CN(Cc3ccc(C(F)(F)F)cc3)CC3CC3)nc21. The van der Waals surface area contributed by atoms with Crippen LogP contribution in [-0.4, -0.2) is 38.1 Å². The quantitative estimate of drug-likeness (QED) is 0.447. The van der Waals surface area contributed by atoms with Crippen molar-refractivity contribution in [2.45, 2.75) is 32.1 Å². The average Bonchev–Trinajstić information content (AvgIpc) is 3.49. The molecule has 0 bridgehead atoms. The molecule has 2 aromatic carbocycles. The van der Waals surface area contributed by atoms with Gasteiger partial charge in [0, 0.05) is 18.5 Å². The lowest BCUT2D eigenvalue weighted by Crippen LogP contribution is -2.26. The van der Waals surface area contributed by atoms with E-state index >= 15 is 0 Å². The van der Waals surface area contributed by atoms with Crippen molar-refractivity contribution in [3.8, 4) is 5.75 Å². The number of hydrogen-bond acceptors (Lipinski definition) is 6. The first kappa shape index (κ1) is 21.4. The Balaban J connectivity index is 1.44. The third-order valence-electron chi connectivity index (χ3n) is 5.82. The Bertz CT molecular complexity index is 1300. The van der Waals surface area contributed by atoms with Gasteiger partial charge in [0.05, 0.1) is 19.2 Å². The smallest absolute Gasteiger partial charge is 0.416 e. The van der Waals surface area contributed by atoms with E-state index in [4.69, 9.17) is 15.5 Å². The van der Waals surface area contributed by atoms with Gasteiger partial charge < -0.3 is 10.5 Å². The number of ether oxygens (including phenoxy) is 1. The zero-order chi connectivity index (χ0) is 23.2. The van der Waals surface area contributed by atoms with Crippen LogP contribution in [0.15, 0.2) is 42.5 Å². The van der Waals surface area contributed by atoms with E-state index in [9.17, 15) is 13.2 Å². The van der Waals surface area contributed by atoms with Gasteiger partial charge in [-0.1, -0.05) is 18.2 Å². The van der Waals surface area contributed by atoms with E-state index in [1.54, 1.807) is 7.11 Å². The Morgan fingerprint density at radius 3 is 2.52 bits per heavy atom. The fraction of sp³-hybridized carbons (Fsp3) is 0.348. The van der Waals surface area contributed by atoms with Crippen molar-refractivity contribution in [1.29, 1.82) is 0 Å². The second-order valence-corrected chi connectivity index (χ2v) is 8.40. The maximum absolute atomic E-state index is 12.9. The van der Waals surface area contributed by atoms with Crippen LogP contribution < -0.4 is 10.5 Å². The number of nitrogens with zero attached hydrogens (tertiary/aromatic N) is 5. The second kappa shape index (κ2) is 8.18. The highest BCUT2D eigenvalue weighted by Gasteiger charge is 2.30. The molecule has 1 aliphatic rings. The maximum atomic E-state index is 12.9. The summed E-state index contributed by atoms with van der Waals surface area (Å²) in [6.45, 7) is 1.79. The van der Waals surface area contributed by atoms with Gasteiger partial charge in [0.25, 0.3) is 0 Å². The molecule has 0 radical (unpaired) electrons. The van der Waals surface area contributed by atoms with Gasteiger partial charge >= 0.3 is 6.18 Å². The molecule has 0 aliphatic heterocycles. The number of hydrogen-bond donors (Lipinski definition) is 1. The molecule has 2 aromatic heterocycles. The van der Waals surface area contributed by atoms with E-state index in [1.807, 2.05) is 18.2 Å². The molecule has 10 heteroatoms. The number of benzene rings is 2. The summed E-state index contributed by atoms with van der Waals surface area (Å²) in [5.74, 6) is 1.97. The van der Waals surface area contributed by atoms with Crippen molar-refractivity contribution < 1.29 is 17.9 Å². The molecule has 4 aromatic rings. The summed E-state index contributed by atoms with van der Waals surface area (Å²) in [7, 11) is 1.57. The van der Waals surface area contributed by atoms with Crippen LogP contribution in [0, 0.1) is 5.92 Å².